The molecule has 1 fully saturated rings. The van der Waals surface area contributed by atoms with E-state index in [1.807, 2.05) is 6.07 Å². The summed E-state index contributed by atoms with van der Waals surface area (Å²) >= 11 is 2.44. The standard InChI is InChI=1S/C11H13IO/c1-11(7-12)8-13-10(11)9-5-3-2-4-6-9/h2-6,10H,7-8H2,1H3. The second-order valence-corrected chi connectivity index (χ2v) is 4.65. The van der Waals surface area contributed by atoms with Crippen LogP contribution in [0.1, 0.15) is 18.6 Å². The summed E-state index contributed by atoms with van der Waals surface area (Å²) in [7, 11) is 0. The van der Waals surface area contributed by atoms with E-state index in [2.05, 4.69) is 53.8 Å². The van der Waals surface area contributed by atoms with Crippen LogP contribution in [-0.4, -0.2) is 11.0 Å². The normalized spacial score (nSPS) is 32.6. The van der Waals surface area contributed by atoms with Gasteiger partial charge >= 0.3 is 0 Å². The SMILES string of the molecule is CC1(CI)COC1c1ccccc1. The van der Waals surface area contributed by atoms with Gasteiger partial charge in [0.1, 0.15) is 0 Å². The minimum atomic E-state index is 0.311. The van der Waals surface area contributed by atoms with Gasteiger partial charge in [0.2, 0.25) is 0 Å². The number of ether oxygens (including phenoxy) is 1. The molecule has 1 nitrogen and oxygen atoms in total. The van der Waals surface area contributed by atoms with Crippen LogP contribution in [-0.2, 0) is 4.74 Å². The molecule has 0 aromatic heterocycles. The highest BCUT2D eigenvalue weighted by molar-refractivity contribution is 14.1. The summed E-state index contributed by atoms with van der Waals surface area (Å²) in [5, 5.41) is 0. The zero-order valence-corrected chi connectivity index (χ0v) is 9.82. The molecule has 2 atom stereocenters. The Morgan fingerprint density at radius 1 is 1.46 bits per heavy atom. The molecule has 2 unspecified atom stereocenters. The Balaban J connectivity index is 2.20. The maximum atomic E-state index is 5.62. The molecule has 0 bridgehead atoms. The van der Waals surface area contributed by atoms with Gasteiger partial charge in [-0.25, -0.2) is 0 Å². The van der Waals surface area contributed by atoms with Crippen LogP contribution in [0.2, 0.25) is 0 Å². The van der Waals surface area contributed by atoms with E-state index in [0.717, 1.165) is 11.0 Å². The highest BCUT2D eigenvalue weighted by Crippen LogP contribution is 2.47. The van der Waals surface area contributed by atoms with Gasteiger partial charge in [0.15, 0.2) is 0 Å². The first-order valence-electron chi connectivity index (χ1n) is 4.49. The first kappa shape index (κ1) is 9.46. The molecule has 1 heterocycles. The summed E-state index contributed by atoms with van der Waals surface area (Å²) in [6, 6.07) is 10.5. The third-order valence-corrected chi connectivity index (χ3v) is 4.36. The maximum absolute atomic E-state index is 5.62. The Kier molecular flexibility index (Phi) is 2.60. The van der Waals surface area contributed by atoms with E-state index >= 15 is 0 Å². The van der Waals surface area contributed by atoms with Gasteiger partial charge in [-0.2, -0.15) is 0 Å². The van der Waals surface area contributed by atoms with Crippen molar-refractivity contribution in [2.24, 2.45) is 5.41 Å². The molecule has 1 aliphatic heterocycles. The van der Waals surface area contributed by atoms with Crippen molar-refractivity contribution in [3.63, 3.8) is 0 Å². The molecule has 0 aliphatic carbocycles. The van der Waals surface area contributed by atoms with Gasteiger partial charge in [-0.15, -0.1) is 0 Å². The second-order valence-electron chi connectivity index (χ2n) is 3.89. The van der Waals surface area contributed by atoms with Crippen LogP contribution in [0.15, 0.2) is 30.3 Å². The van der Waals surface area contributed by atoms with Crippen LogP contribution >= 0.6 is 22.6 Å². The van der Waals surface area contributed by atoms with Gasteiger partial charge in [-0.1, -0.05) is 59.8 Å². The van der Waals surface area contributed by atoms with Gasteiger partial charge in [-0.05, 0) is 5.56 Å². The van der Waals surface area contributed by atoms with E-state index in [4.69, 9.17) is 4.74 Å². The summed E-state index contributed by atoms with van der Waals surface area (Å²) in [5.74, 6) is 0. The van der Waals surface area contributed by atoms with Gasteiger partial charge in [0.05, 0.1) is 12.7 Å². The van der Waals surface area contributed by atoms with Crippen LogP contribution in [0.4, 0.5) is 0 Å². The minimum absolute atomic E-state index is 0.311. The third-order valence-electron chi connectivity index (χ3n) is 2.62. The number of alkyl halides is 1. The number of halogens is 1. The number of hydrogen-bond acceptors (Lipinski definition) is 1. The molecule has 0 amide bonds. The van der Waals surface area contributed by atoms with E-state index in [9.17, 15) is 0 Å². The molecule has 0 saturated carbocycles. The lowest BCUT2D eigenvalue weighted by atomic mass is 9.79. The molecule has 1 aliphatic rings. The summed E-state index contributed by atoms with van der Waals surface area (Å²) in [6.45, 7) is 3.19. The maximum Gasteiger partial charge on any atom is 0.0908 e. The zero-order chi connectivity index (χ0) is 9.31. The van der Waals surface area contributed by atoms with Gasteiger partial charge < -0.3 is 4.74 Å². The van der Waals surface area contributed by atoms with E-state index in [-0.39, 0.29) is 0 Å². The van der Waals surface area contributed by atoms with Gasteiger partial charge in [-0.3, -0.25) is 0 Å². The average molecular weight is 288 g/mol. The molecule has 0 spiro atoms. The molecule has 1 saturated heterocycles. The van der Waals surface area contributed by atoms with Crippen molar-refractivity contribution >= 4 is 22.6 Å². The molecular weight excluding hydrogens is 275 g/mol. The largest absolute Gasteiger partial charge is 0.372 e. The zero-order valence-electron chi connectivity index (χ0n) is 7.66. The molecule has 2 rings (SSSR count). The fourth-order valence-electron chi connectivity index (χ4n) is 1.69. The van der Waals surface area contributed by atoms with Crippen molar-refractivity contribution in [3.8, 4) is 0 Å². The number of hydrogen-bond donors (Lipinski definition) is 0. The first-order chi connectivity index (χ1) is 6.26. The predicted octanol–water partition coefficient (Wildman–Crippen LogP) is 3.20. The van der Waals surface area contributed by atoms with Crippen molar-refractivity contribution in [2.75, 3.05) is 11.0 Å². The van der Waals surface area contributed by atoms with Crippen molar-refractivity contribution in [2.45, 2.75) is 13.0 Å². The average Bonchev–Trinajstić information content (AvgIpc) is 2.17. The molecule has 70 valence electrons. The lowest BCUT2D eigenvalue weighted by Gasteiger charge is -2.46. The summed E-state index contributed by atoms with van der Waals surface area (Å²) < 4.78 is 6.78. The number of rotatable bonds is 2. The molecule has 0 N–H and O–H groups in total. The highest BCUT2D eigenvalue weighted by Gasteiger charge is 2.44. The summed E-state index contributed by atoms with van der Waals surface area (Å²) in [5.41, 5.74) is 1.66. The van der Waals surface area contributed by atoms with E-state index < -0.39 is 0 Å². The van der Waals surface area contributed by atoms with Crippen LogP contribution in [0.25, 0.3) is 0 Å². The topological polar surface area (TPSA) is 9.23 Å². The molecule has 2 heteroatoms. The smallest absolute Gasteiger partial charge is 0.0908 e. The van der Waals surface area contributed by atoms with Crippen LogP contribution in [0, 0.1) is 5.41 Å². The van der Waals surface area contributed by atoms with Crippen molar-refractivity contribution in [1.29, 1.82) is 0 Å². The summed E-state index contributed by atoms with van der Waals surface area (Å²) in [6.07, 6.45) is 0.311. The van der Waals surface area contributed by atoms with Crippen molar-refractivity contribution < 1.29 is 4.74 Å². The highest BCUT2D eigenvalue weighted by atomic mass is 127. The van der Waals surface area contributed by atoms with Crippen LogP contribution < -0.4 is 0 Å². The fourth-order valence-corrected chi connectivity index (χ4v) is 2.31. The van der Waals surface area contributed by atoms with Crippen molar-refractivity contribution in [1.82, 2.24) is 0 Å². The Bertz CT molecular complexity index is 281. The first-order valence-corrected chi connectivity index (χ1v) is 6.01. The molecule has 13 heavy (non-hydrogen) atoms. The van der Waals surface area contributed by atoms with Gasteiger partial charge in [0.25, 0.3) is 0 Å². The van der Waals surface area contributed by atoms with E-state index in [0.29, 0.717) is 11.5 Å². The fraction of sp³-hybridized carbons (Fsp3) is 0.455. The molecule has 0 radical (unpaired) electrons. The second kappa shape index (κ2) is 3.58. The summed E-state index contributed by atoms with van der Waals surface area (Å²) in [4.78, 5) is 0. The Morgan fingerprint density at radius 2 is 2.15 bits per heavy atom. The van der Waals surface area contributed by atoms with Crippen LogP contribution in [0.3, 0.4) is 0 Å². The quantitative estimate of drug-likeness (QED) is 0.600. The van der Waals surface area contributed by atoms with E-state index in [1.165, 1.54) is 5.56 Å². The Hall–Kier alpha value is -0.0900. The van der Waals surface area contributed by atoms with E-state index in [1.54, 1.807) is 0 Å². The van der Waals surface area contributed by atoms with Crippen molar-refractivity contribution in [3.05, 3.63) is 35.9 Å². The van der Waals surface area contributed by atoms with Crippen LogP contribution in [0.5, 0.6) is 0 Å². The molecule has 1 aromatic rings. The number of benzene rings is 1. The third kappa shape index (κ3) is 1.62. The lowest BCUT2D eigenvalue weighted by molar-refractivity contribution is -0.167. The monoisotopic (exact) mass is 288 g/mol. The lowest BCUT2D eigenvalue weighted by Crippen LogP contribution is -2.44. The predicted molar refractivity (Wildman–Crippen MR) is 62.1 cm³/mol. The Morgan fingerprint density at radius 3 is 2.62 bits per heavy atom. The molecule has 1 aromatic carbocycles. The van der Waals surface area contributed by atoms with Gasteiger partial charge in [0, 0.05) is 9.84 Å². The molecular formula is C11H13IO. The Labute approximate surface area is 92.6 Å². The minimum Gasteiger partial charge on any atom is -0.372 e.